The quantitative estimate of drug-likeness (QED) is 0.846. The van der Waals surface area contributed by atoms with E-state index in [2.05, 4.69) is 13.8 Å². The van der Waals surface area contributed by atoms with Gasteiger partial charge in [-0.1, -0.05) is 13.8 Å². The highest BCUT2D eigenvalue weighted by atomic mass is 19.4. The Labute approximate surface area is 107 Å². The molecule has 1 rings (SSSR count). The van der Waals surface area contributed by atoms with Crippen LogP contribution in [0.4, 0.5) is 13.2 Å². The minimum absolute atomic E-state index is 0.00709. The van der Waals surface area contributed by atoms with Crippen LogP contribution in [-0.4, -0.2) is 42.4 Å². The molecule has 1 aliphatic rings. The minimum Gasteiger partial charge on any atom is -0.393 e. The Hall–Kier alpha value is -0.290. The smallest absolute Gasteiger partial charge is 0.390 e. The van der Waals surface area contributed by atoms with Crippen molar-refractivity contribution in [2.75, 3.05) is 20.1 Å². The fourth-order valence-electron chi connectivity index (χ4n) is 2.72. The van der Waals surface area contributed by atoms with Crippen molar-refractivity contribution < 1.29 is 18.3 Å². The van der Waals surface area contributed by atoms with Gasteiger partial charge in [0, 0.05) is 13.1 Å². The largest absolute Gasteiger partial charge is 0.393 e. The highest BCUT2D eigenvalue weighted by Gasteiger charge is 2.35. The molecule has 0 aromatic heterocycles. The van der Waals surface area contributed by atoms with Gasteiger partial charge in [-0.05, 0) is 37.6 Å². The number of aliphatic hydroxyl groups excluding tert-OH is 1. The van der Waals surface area contributed by atoms with Crippen molar-refractivity contribution in [2.45, 2.75) is 51.8 Å². The first-order chi connectivity index (χ1) is 8.09. The molecule has 0 spiro atoms. The summed E-state index contributed by atoms with van der Waals surface area (Å²) in [7, 11) is 1.69. The molecule has 0 heterocycles. The van der Waals surface area contributed by atoms with Crippen molar-refractivity contribution in [1.29, 1.82) is 0 Å². The summed E-state index contributed by atoms with van der Waals surface area (Å²) in [5.74, 6) is 0.0898. The molecule has 5 heteroatoms. The van der Waals surface area contributed by atoms with Crippen LogP contribution in [0.5, 0.6) is 0 Å². The van der Waals surface area contributed by atoms with Gasteiger partial charge in [0.15, 0.2) is 0 Å². The predicted octanol–water partition coefficient (Wildman–Crippen LogP) is 3.06. The van der Waals surface area contributed by atoms with Gasteiger partial charge >= 0.3 is 6.18 Å². The predicted molar refractivity (Wildman–Crippen MR) is 65.3 cm³/mol. The summed E-state index contributed by atoms with van der Waals surface area (Å²) in [6.07, 6.45) is -2.63. The van der Waals surface area contributed by atoms with E-state index in [1.54, 1.807) is 11.9 Å². The maximum Gasteiger partial charge on any atom is 0.390 e. The van der Waals surface area contributed by atoms with Gasteiger partial charge in [0.1, 0.15) is 0 Å². The van der Waals surface area contributed by atoms with Crippen molar-refractivity contribution in [3.8, 4) is 0 Å². The van der Waals surface area contributed by atoms with Gasteiger partial charge in [-0.3, -0.25) is 0 Å². The topological polar surface area (TPSA) is 23.5 Å². The van der Waals surface area contributed by atoms with Gasteiger partial charge in [0.2, 0.25) is 0 Å². The van der Waals surface area contributed by atoms with Gasteiger partial charge < -0.3 is 10.0 Å². The lowest BCUT2D eigenvalue weighted by Crippen LogP contribution is -2.40. The zero-order valence-electron chi connectivity index (χ0n) is 11.4. The number of nitrogens with zero attached hydrogens (tertiary/aromatic N) is 1. The van der Waals surface area contributed by atoms with Gasteiger partial charge in [-0.15, -0.1) is 0 Å². The number of aliphatic hydroxyl groups is 1. The zero-order chi connectivity index (χ0) is 14.0. The molecular weight excluding hydrogens is 243 g/mol. The molecule has 108 valence electrons. The van der Waals surface area contributed by atoms with Crippen molar-refractivity contribution in [1.82, 2.24) is 4.90 Å². The van der Waals surface area contributed by atoms with Crippen LogP contribution in [-0.2, 0) is 0 Å². The van der Waals surface area contributed by atoms with E-state index in [9.17, 15) is 18.3 Å². The van der Waals surface area contributed by atoms with Crippen molar-refractivity contribution in [3.63, 3.8) is 0 Å². The molecule has 1 N–H and O–H groups in total. The maximum absolute atomic E-state index is 12.1. The fourth-order valence-corrected chi connectivity index (χ4v) is 2.72. The third-order valence-electron chi connectivity index (χ3n) is 3.80. The molecule has 18 heavy (non-hydrogen) atoms. The monoisotopic (exact) mass is 267 g/mol. The summed E-state index contributed by atoms with van der Waals surface area (Å²) >= 11 is 0. The Morgan fingerprint density at radius 1 is 1.33 bits per heavy atom. The van der Waals surface area contributed by atoms with E-state index in [1.165, 1.54) is 0 Å². The van der Waals surface area contributed by atoms with E-state index in [1.807, 2.05) is 0 Å². The fraction of sp³-hybridized carbons (Fsp3) is 1.00. The van der Waals surface area contributed by atoms with Crippen molar-refractivity contribution >= 4 is 0 Å². The van der Waals surface area contributed by atoms with E-state index in [0.717, 1.165) is 19.3 Å². The van der Waals surface area contributed by atoms with Crippen LogP contribution in [0.25, 0.3) is 0 Å². The zero-order valence-corrected chi connectivity index (χ0v) is 11.4. The Balaban J connectivity index is 2.40. The number of hydrogen-bond acceptors (Lipinski definition) is 2. The van der Waals surface area contributed by atoms with Crippen LogP contribution in [0.3, 0.4) is 0 Å². The Morgan fingerprint density at radius 3 is 2.50 bits per heavy atom. The van der Waals surface area contributed by atoms with E-state index >= 15 is 0 Å². The molecule has 0 saturated heterocycles. The van der Waals surface area contributed by atoms with Crippen molar-refractivity contribution in [3.05, 3.63) is 0 Å². The van der Waals surface area contributed by atoms with Crippen LogP contribution in [0, 0.1) is 11.3 Å². The molecular formula is C13H24F3NO. The van der Waals surface area contributed by atoms with Crippen LogP contribution in [0.2, 0.25) is 0 Å². The summed E-state index contributed by atoms with van der Waals surface area (Å²) in [5.41, 5.74) is 0.189. The lowest BCUT2D eigenvalue weighted by atomic mass is 9.71. The summed E-state index contributed by atoms with van der Waals surface area (Å²) in [6, 6.07) is 0. The molecule has 0 amide bonds. The molecule has 1 fully saturated rings. The Bertz CT molecular complexity index is 265. The molecule has 0 aromatic rings. The van der Waals surface area contributed by atoms with Gasteiger partial charge in [0.05, 0.1) is 12.5 Å². The number of halogens is 3. The van der Waals surface area contributed by atoms with Crippen LogP contribution in [0.15, 0.2) is 0 Å². The lowest BCUT2D eigenvalue weighted by molar-refractivity contribution is -0.138. The molecule has 1 aliphatic carbocycles. The van der Waals surface area contributed by atoms with E-state index < -0.39 is 12.6 Å². The molecule has 2 atom stereocenters. The first-order valence-corrected chi connectivity index (χ1v) is 6.52. The highest BCUT2D eigenvalue weighted by molar-refractivity contribution is 4.86. The number of alkyl halides is 3. The maximum atomic E-state index is 12.1. The first-order valence-electron chi connectivity index (χ1n) is 6.52. The van der Waals surface area contributed by atoms with Crippen LogP contribution < -0.4 is 0 Å². The average molecular weight is 267 g/mol. The number of rotatable bonds is 4. The Kier molecular flexibility index (Phi) is 5.06. The summed E-state index contributed by atoms with van der Waals surface area (Å²) in [4.78, 5) is 1.68. The second-order valence-corrected chi connectivity index (χ2v) is 6.36. The van der Waals surface area contributed by atoms with E-state index in [4.69, 9.17) is 0 Å². The van der Waals surface area contributed by atoms with Crippen molar-refractivity contribution in [2.24, 2.45) is 11.3 Å². The minimum atomic E-state index is -4.10. The van der Waals surface area contributed by atoms with Gasteiger partial charge in [0.25, 0.3) is 0 Å². The molecule has 2 unspecified atom stereocenters. The standard InChI is InChI=1S/C13H24F3NO/c1-12(2)5-4-11(18)10(8-12)9-17(3)7-6-13(14,15)16/h10-11,18H,4-9H2,1-3H3. The average Bonchev–Trinajstić information content (AvgIpc) is 2.19. The van der Waals surface area contributed by atoms with E-state index in [-0.39, 0.29) is 24.0 Å². The normalized spacial score (nSPS) is 28.7. The number of hydrogen-bond donors (Lipinski definition) is 1. The second kappa shape index (κ2) is 5.78. The summed E-state index contributed by atoms with van der Waals surface area (Å²) in [6.45, 7) is 4.86. The lowest BCUT2D eigenvalue weighted by Gasteiger charge is -2.40. The van der Waals surface area contributed by atoms with Crippen LogP contribution in [0.1, 0.15) is 39.5 Å². The van der Waals surface area contributed by atoms with E-state index in [0.29, 0.717) is 6.54 Å². The molecule has 0 bridgehead atoms. The molecule has 0 radical (unpaired) electrons. The first kappa shape index (κ1) is 15.8. The molecule has 2 nitrogen and oxygen atoms in total. The SMILES string of the molecule is CN(CCC(F)(F)F)CC1CC(C)(C)CCC1O. The molecule has 1 saturated carbocycles. The highest BCUT2D eigenvalue weighted by Crippen LogP contribution is 2.39. The summed E-state index contributed by atoms with van der Waals surface area (Å²) < 4.78 is 36.4. The third-order valence-corrected chi connectivity index (χ3v) is 3.80. The van der Waals surface area contributed by atoms with Gasteiger partial charge in [-0.2, -0.15) is 13.2 Å². The molecule has 0 aliphatic heterocycles. The van der Waals surface area contributed by atoms with Gasteiger partial charge in [-0.25, -0.2) is 0 Å². The summed E-state index contributed by atoms with van der Waals surface area (Å²) in [5, 5.41) is 9.93. The third kappa shape index (κ3) is 5.57. The Morgan fingerprint density at radius 2 is 1.94 bits per heavy atom. The second-order valence-electron chi connectivity index (χ2n) is 6.36. The van der Waals surface area contributed by atoms with Crippen LogP contribution >= 0.6 is 0 Å². The molecule has 0 aromatic carbocycles.